The number of rotatable bonds is 3. The van der Waals surface area contributed by atoms with Gasteiger partial charge >= 0.3 is 0 Å². The maximum atomic E-state index is 13.5. The van der Waals surface area contributed by atoms with E-state index in [0.717, 1.165) is 49.2 Å². The maximum absolute atomic E-state index is 13.5. The van der Waals surface area contributed by atoms with E-state index in [0.29, 0.717) is 19.5 Å². The van der Waals surface area contributed by atoms with Gasteiger partial charge in [0.1, 0.15) is 6.04 Å². The van der Waals surface area contributed by atoms with Gasteiger partial charge in [0, 0.05) is 51.6 Å². The fraction of sp³-hybridized carbons (Fsp3) is 0.500. The van der Waals surface area contributed by atoms with Gasteiger partial charge in [-0.25, -0.2) is 4.98 Å². The molecule has 9 heteroatoms. The van der Waals surface area contributed by atoms with Gasteiger partial charge in [-0.2, -0.15) is 0 Å². The second-order valence-corrected chi connectivity index (χ2v) is 9.63. The van der Waals surface area contributed by atoms with E-state index in [9.17, 15) is 14.4 Å². The van der Waals surface area contributed by atoms with E-state index in [-0.39, 0.29) is 29.7 Å². The number of nitrogens with zero attached hydrogens (tertiary/aromatic N) is 4. The van der Waals surface area contributed by atoms with Gasteiger partial charge in [-0.05, 0) is 30.5 Å². The van der Waals surface area contributed by atoms with Crippen LogP contribution in [0.25, 0.3) is 0 Å². The molecule has 0 bridgehead atoms. The van der Waals surface area contributed by atoms with Crippen LogP contribution in [0.1, 0.15) is 52.1 Å². The van der Waals surface area contributed by atoms with Crippen molar-refractivity contribution in [2.75, 3.05) is 19.6 Å². The zero-order valence-corrected chi connectivity index (χ0v) is 18.8. The predicted molar refractivity (Wildman–Crippen MR) is 119 cm³/mol. The number of carbonyl (C=O) groups excluding carboxylic acids is 3. The molecule has 6 rings (SSSR count). The first-order chi connectivity index (χ1) is 16.0. The summed E-state index contributed by atoms with van der Waals surface area (Å²) in [5.41, 5.74) is 5.01. The van der Waals surface area contributed by atoms with Crippen molar-refractivity contribution >= 4 is 17.7 Å². The minimum absolute atomic E-state index is 0.105. The fourth-order valence-corrected chi connectivity index (χ4v) is 6.27. The summed E-state index contributed by atoms with van der Waals surface area (Å²) >= 11 is 0. The maximum Gasteiger partial charge on any atom is 0.255 e. The van der Waals surface area contributed by atoms with Crippen LogP contribution in [0, 0.1) is 0 Å². The first kappa shape index (κ1) is 20.6. The topological polar surface area (TPSA) is 99.6 Å². The van der Waals surface area contributed by atoms with Crippen molar-refractivity contribution in [2.45, 2.75) is 50.4 Å². The molecule has 9 nitrogen and oxygen atoms in total. The van der Waals surface area contributed by atoms with Crippen LogP contribution in [-0.2, 0) is 41.7 Å². The Balaban J connectivity index is 1.32. The Kier molecular flexibility index (Phi) is 4.67. The van der Waals surface area contributed by atoms with Crippen LogP contribution in [0.3, 0.4) is 0 Å². The molecule has 0 aliphatic carbocycles. The number of amides is 3. The SMILES string of the molecule is Cn1cnc2c1C1(CCNC1)N(Cc1cccc3c1C(=O)N(C1CCC(=O)NC1=O)C3)CC2. The summed E-state index contributed by atoms with van der Waals surface area (Å²) in [6.45, 7) is 3.79. The van der Waals surface area contributed by atoms with Crippen LogP contribution >= 0.6 is 0 Å². The number of imide groups is 1. The quantitative estimate of drug-likeness (QED) is 0.661. The van der Waals surface area contributed by atoms with E-state index in [1.807, 2.05) is 24.5 Å². The minimum atomic E-state index is -0.590. The molecule has 172 valence electrons. The molecule has 4 aliphatic rings. The molecule has 2 unspecified atom stereocenters. The smallest absolute Gasteiger partial charge is 0.255 e. The summed E-state index contributed by atoms with van der Waals surface area (Å²) in [5, 5.41) is 5.93. The fourth-order valence-electron chi connectivity index (χ4n) is 6.27. The highest BCUT2D eigenvalue weighted by atomic mass is 16.2. The van der Waals surface area contributed by atoms with Crippen molar-refractivity contribution in [1.29, 1.82) is 0 Å². The zero-order valence-electron chi connectivity index (χ0n) is 18.8. The van der Waals surface area contributed by atoms with Gasteiger partial charge in [-0.3, -0.25) is 24.6 Å². The highest BCUT2D eigenvalue weighted by molar-refractivity contribution is 6.06. The Labute approximate surface area is 192 Å². The summed E-state index contributed by atoms with van der Waals surface area (Å²) in [5.74, 6) is -0.743. The normalized spacial score (nSPS) is 27.2. The van der Waals surface area contributed by atoms with Crippen LogP contribution in [0.4, 0.5) is 0 Å². The van der Waals surface area contributed by atoms with Gasteiger partial charge in [-0.15, -0.1) is 0 Å². The summed E-state index contributed by atoms with van der Waals surface area (Å²) in [6.07, 6.45) is 4.45. The summed E-state index contributed by atoms with van der Waals surface area (Å²) in [4.78, 5) is 46.3. The lowest BCUT2D eigenvalue weighted by Crippen LogP contribution is -2.53. The first-order valence-corrected chi connectivity index (χ1v) is 11.7. The Morgan fingerprint density at radius 2 is 2.09 bits per heavy atom. The van der Waals surface area contributed by atoms with Crippen molar-refractivity contribution in [3.63, 3.8) is 0 Å². The van der Waals surface area contributed by atoms with E-state index < -0.39 is 6.04 Å². The van der Waals surface area contributed by atoms with Crippen LogP contribution in [0.5, 0.6) is 0 Å². The van der Waals surface area contributed by atoms with E-state index in [1.54, 1.807) is 4.90 Å². The number of hydrogen-bond acceptors (Lipinski definition) is 6. The number of nitrogens with one attached hydrogen (secondary N) is 2. The van der Waals surface area contributed by atoms with Crippen molar-refractivity contribution < 1.29 is 14.4 Å². The molecule has 2 aromatic rings. The molecule has 0 saturated carbocycles. The number of aryl methyl sites for hydroxylation is 1. The van der Waals surface area contributed by atoms with Crippen LogP contribution < -0.4 is 10.6 Å². The van der Waals surface area contributed by atoms with E-state index in [4.69, 9.17) is 0 Å². The van der Waals surface area contributed by atoms with E-state index >= 15 is 0 Å². The zero-order chi connectivity index (χ0) is 22.7. The highest BCUT2D eigenvalue weighted by Crippen LogP contribution is 2.41. The van der Waals surface area contributed by atoms with Crippen molar-refractivity contribution in [3.05, 3.63) is 52.6 Å². The number of fused-ring (bicyclic) bond motifs is 3. The summed E-state index contributed by atoms with van der Waals surface area (Å²) in [6, 6.07) is 5.44. The molecule has 2 atom stereocenters. The third kappa shape index (κ3) is 3.06. The third-order valence-electron chi connectivity index (χ3n) is 7.81. The Morgan fingerprint density at radius 1 is 1.21 bits per heavy atom. The monoisotopic (exact) mass is 448 g/mol. The third-order valence-corrected chi connectivity index (χ3v) is 7.81. The molecular weight excluding hydrogens is 420 g/mol. The lowest BCUT2D eigenvalue weighted by atomic mass is 9.85. The molecule has 5 heterocycles. The lowest BCUT2D eigenvalue weighted by molar-refractivity contribution is -0.136. The van der Waals surface area contributed by atoms with Gasteiger partial charge in [0.05, 0.1) is 23.3 Å². The summed E-state index contributed by atoms with van der Waals surface area (Å²) < 4.78 is 2.15. The van der Waals surface area contributed by atoms with E-state index in [1.165, 1.54) is 11.4 Å². The number of piperidine rings is 1. The Hall–Kier alpha value is -3.04. The van der Waals surface area contributed by atoms with Gasteiger partial charge in [0.15, 0.2) is 0 Å². The lowest BCUT2D eigenvalue weighted by Gasteiger charge is -2.44. The molecule has 0 radical (unpaired) electrons. The molecule has 33 heavy (non-hydrogen) atoms. The van der Waals surface area contributed by atoms with Gasteiger partial charge in [0.25, 0.3) is 5.91 Å². The molecule has 2 N–H and O–H groups in total. The van der Waals surface area contributed by atoms with Crippen LogP contribution in [-0.4, -0.2) is 62.7 Å². The van der Waals surface area contributed by atoms with Crippen molar-refractivity contribution in [1.82, 2.24) is 30.0 Å². The molecule has 2 saturated heterocycles. The second-order valence-electron chi connectivity index (χ2n) is 9.63. The average molecular weight is 449 g/mol. The Bertz CT molecular complexity index is 1160. The number of imidazole rings is 1. The molecule has 1 aromatic heterocycles. The highest BCUT2D eigenvalue weighted by Gasteiger charge is 2.48. The predicted octanol–water partition coefficient (Wildman–Crippen LogP) is 0.428. The minimum Gasteiger partial charge on any atom is -0.336 e. The summed E-state index contributed by atoms with van der Waals surface area (Å²) in [7, 11) is 2.07. The molecule has 1 aromatic carbocycles. The molecule has 3 amide bonds. The standard InChI is InChI=1S/C24H28N6O3/c1-28-14-26-17-7-10-29(24(21(17)28)8-9-25-13-24)11-15-3-2-4-16-12-30(23(33)20(15)16)18-5-6-19(31)27-22(18)32/h2-4,14,18,25H,5-13H2,1H3,(H,27,31,32). The first-order valence-electron chi connectivity index (χ1n) is 11.7. The number of carbonyl (C=O) groups is 3. The van der Waals surface area contributed by atoms with Crippen molar-refractivity contribution in [3.8, 4) is 0 Å². The van der Waals surface area contributed by atoms with Gasteiger partial charge in [0.2, 0.25) is 11.8 Å². The molecule has 2 fully saturated rings. The number of aromatic nitrogens is 2. The average Bonchev–Trinajstić information content (AvgIpc) is 3.50. The van der Waals surface area contributed by atoms with Crippen LogP contribution in [0.2, 0.25) is 0 Å². The van der Waals surface area contributed by atoms with Crippen LogP contribution in [0.15, 0.2) is 24.5 Å². The number of benzene rings is 1. The largest absolute Gasteiger partial charge is 0.336 e. The van der Waals surface area contributed by atoms with Gasteiger partial charge < -0.3 is 14.8 Å². The van der Waals surface area contributed by atoms with Gasteiger partial charge in [-0.1, -0.05) is 18.2 Å². The second kappa shape index (κ2) is 7.50. The number of hydrogen-bond donors (Lipinski definition) is 2. The molecule has 4 aliphatic heterocycles. The molecule has 1 spiro atoms. The van der Waals surface area contributed by atoms with E-state index in [2.05, 4.69) is 32.1 Å². The van der Waals surface area contributed by atoms with Crippen molar-refractivity contribution in [2.24, 2.45) is 7.05 Å². The molecular formula is C24H28N6O3. The Morgan fingerprint density at radius 3 is 2.88 bits per heavy atom.